The van der Waals surface area contributed by atoms with Crippen molar-refractivity contribution in [2.75, 3.05) is 0 Å². The molecule has 1 heterocycles. The molecular formula is C12H13BrN2O3. The Morgan fingerprint density at radius 2 is 2.22 bits per heavy atom. The number of aromatic nitrogens is 2. The molecule has 0 spiro atoms. The monoisotopic (exact) mass is 312 g/mol. The second kappa shape index (κ2) is 5.49. The van der Waals surface area contributed by atoms with E-state index in [4.69, 9.17) is 4.74 Å². The molecule has 0 saturated carbocycles. The number of halogens is 1. The van der Waals surface area contributed by atoms with Crippen LogP contribution in [-0.4, -0.2) is 15.4 Å². The van der Waals surface area contributed by atoms with Crippen molar-refractivity contribution in [1.82, 2.24) is 10.3 Å². The molecular weight excluding hydrogens is 300 g/mol. The molecule has 1 aromatic heterocycles. The summed E-state index contributed by atoms with van der Waals surface area (Å²) in [5, 5.41) is 17.1. The number of aliphatic hydroxyl groups is 1. The summed E-state index contributed by atoms with van der Waals surface area (Å²) in [6.45, 7) is 3.75. The molecule has 0 aliphatic carbocycles. The van der Waals surface area contributed by atoms with Crippen LogP contribution in [0.3, 0.4) is 0 Å². The van der Waals surface area contributed by atoms with E-state index in [0.29, 0.717) is 17.1 Å². The maximum absolute atomic E-state index is 9.67. The molecule has 0 amide bonds. The number of benzene rings is 1. The number of rotatable bonds is 4. The van der Waals surface area contributed by atoms with Crippen molar-refractivity contribution in [3.05, 3.63) is 39.6 Å². The van der Waals surface area contributed by atoms with E-state index in [1.807, 2.05) is 18.2 Å². The summed E-state index contributed by atoms with van der Waals surface area (Å²) in [6.07, 6.45) is -0.593. The predicted molar refractivity (Wildman–Crippen MR) is 68.1 cm³/mol. The van der Waals surface area contributed by atoms with Gasteiger partial charge in [-0.3, -0.25) is 0 Å². The highest BCUT2D eigenvalue weighted by molar-refractivity contribution is 9.10. The van der Waals surface area contributed by atoms with Crippen molar-refractivity contribution in [2.45, 2.75) is 26.6 Å². The first kappa shape index (κ1) is 13.0. The van der Waals surface area contributed by atoms with Crippen LogP contribution in [0.1, 0.15) is 30.0 Å². The zero-order valence-corrected chi connectivity index (χ0v) is 11.6. The molecule has 0 bridgehead atoms. The fourth-order valence-electron chi connectivity index (χ4n) is 1.50. The summed E-state index contributed by atoms with van der Waals surface area (Å²) in [5.74, 6) is 0.613. The van der Waals surface area contributed by atoms with Crippen LogP contribution in [0.2, 0.25) is 0 Å². The van der Waals surface area contributed by atoms with E-state index in [-0.39, 0.29) is 6.61 Å². The van der Waals surface area contributed by atoms with Gasteiger partial charge in [-0.05, 0) is 26.0 Å². The second-order valence-corrected chi connectivity index (χ2v) is 4.86. The second-order valence-electron chi connectivity index (χ2n) is 3.94. The summed E-state index contributed by atoms with van der Waals surface area (Å²) in [7, 11) is 0. The van der Waals surface area contributed by atoms with Gasteiger partial charge in [-0.1, -0.05) is 32.3 Å². The van der Waals surface area contributed by atoms with Gasteiger partial charge in [-0.2, -0.15) is 0 Å². The third-order valence-electron chi connectivity index (χ3n) is 2.54. The first-order valence-corrected chi connectivity index (χ1v) is 6.25. The Morgan fingerprint density at radius 1 is 1.44 bits per heavy atom. The Labute approximate surface area is 113 Å². The molecule has 2 rings (SSSR count). The molecule has 1 atom stereocenters. The summed E-state index contributed by atoms with van der Waals surface area (Å²) in [6, 6.07) is 5.49. The van der Waals surface area contributed by atoms with E-state index in [1.54, 1.807) is 13.8 Å². The van der Waals surface area contributed by atoms with Crippen LogP contribution in [0, 0.1) is 6.92 Å². The number of aliphatic hydroxyl groups excluding tert-OH is 1. The topological polar surface area (TPSA) is 68.4 Å². The van der Waals surface area contributed by atoms with Gasteiger partial charge in [0.05, 0.1) is 6.10 Å². The van der Waals surface area contributed by atoms with E-state index in [0.717, 1.165) is 10.0 Å². The molecule has 1 aromatic carbocycles. The average molecular weight is 313 g/mol. The number of ether oxygens (including phenoxy) is 1. The summed E-state index contributed by atoms with van der Waals surface area (Å²) >= 11 is 3.37. The lowest BCUT2D eigenvalue weighted by atomic mass is 10.1. The van der Waals surface area contributed by atoms with Crippen LogP contribution in [0.15, 0.2) is 27.3 Å². The molecule has 1 N–H and O–H groups in total. The van der Waals surface area contributed by atoms with Crippen molar-refractivity contribution in [2.24, 2.45) is 0 Å². The van der Waals surface area contributed by atoms with E-state index in [9.17, 15) is 5.11 Å². The third kappa shape index (κ3) is 2.88. The minimum Gasteiger partial charge on any atom is -0.487 e. The smallest absolute Gasteiger partial charge is 0.145 e. The summed E-state index contributed by atoms with van der Waals surface area (Å²) < 4.78 is 11.1. The Kier molecular flexibility index (Phi) is 3.98. The van der Waals surface area contributed by atoms with Crippen molar-refractivity contribution in [1.29, 1.82) is 0 Å². The lowest BCUT2D eigenvalue weighted by molar-refractivity contribution is 0.189. The Hall–Kier alpha value is -1.40. The molecule has 2 aromatic rings. The fraction of sp³-hybridized carbons (Fsp3) is 0.333. The number of hydrogen-bond acceptors (Lipinski definition) is 5. The van der Waals surface area contributed by atoms with E-state index < -0.39 is 6.10 Å². The van der Waals surface area contributed by atoms with Crippen LogP contribution in [0.25, 0.3) is 0 Å². The van der Waals surface area contributed by atoms with Crippen LogP contribution >= 0.6 is 15.9 Å². The fourth-order valence-corrected chi connectivity index (χ4v) is 1.85. The lowest BCUT2D eigenvalue weighted by Gasteiger charge is -2.13. The largest absolute Gasteiger partial charge is 0.487 e. The molecule has 0 aliphatic heterocycles. The highest BCUT2D eigenvalue weighted by atomic mass is 79.9. The maximum Gasteiger partial charge on any atom is 0.145 e. The van der Waals surface area contributed by atoms with Gasteiger partial charge in [-0.25, -0.2) is 4.63 Å². The van der Waals surface area contributed by atoms with Gasteiger partial charge < -0.3 is 9.84 Å². The van der Waals surface area contributed by atoms with Crippen molar-refractivity contribution >= 4 is 15.9 Å². The van der Waals surface area contributed by atoms with Gasteiger partial charge in [0.2, 0.25) is 0 Å². The quantitative estimate of drug-likeness (QED) is 0.940. The van der Waals surface area contributed by atoms with Crippen molar-refractivity contribution in [3.8, 4) is 5.75 Å². The Bertz CT molecular complexity index is 540. The van der Waals surface area contributed by atoms with E-state index in [1.165, 1.54) is 0 Å². The Balaban J connectivity index is 2.18. The molecule has 96 valence electrons. The molecule has 18 heavy (non-hydrogen) atoms. The van der Waals surface area contributed by atoms with Gasteiger partial charge in [0.25, 0.3) is 0 Å². The highest BCUT2D eigenvalue weighted by Crippen LogP contribution is 2.29. The highest BCUT2D eigenvalue weighted by Gasteiger charge is 2.12. The lowest BCUT2D eigenvalue weighted by Crippen LogP contribution is -2.02. The summed E-state index contributed by atoms with van der Waals surface area (Å²) in [4.78, 5) is 0. The summed E-state index contributed by atoms with van der Waals surface area (Å²) in [5.41, 5.74) is 2.07. The molecule has 0 aliphatic rings. The molecule has 0 fully saturated rings. The molecule has 0 saturated heterocycles. The normalized spacial score (nSPS) is 12.4. The number of hydrogen-bond donors (Lipinski definition) is 1. The first-order chi connectivity index (χ1) is 8.58. The van der Waals surface area contributed by atoms with Crippen LogP contribution < -0.4 is 4.74 Å². The molecule has 6 heteroatoms. The number of nitrogens with zero attached hydrogens (tertiary/aromatic N) is 2. The van der Waals surface area contributed by atoms with Gasteiger partial charge in [0.15, 0.2) is 0 Å². The Morgan fingerprint density at radius 3 is 2.83 bits per heavy atom. The minimum atomic E-state index is -0.593. The molecule has 0 radical (unpaired) electrons. The van der Waals surface area contributed by atoms with Gasteiger partial charge in [0, 0.05) is 10.0 Å². The first-order valence-electron chi connectivity index (χ1n) is 5.46. The van der Waals surface area contributed by atoms with Gasteiger partial charge >= 0.3 is 0 Å². The minimum absolute atomic E-state index is 0.255. The maximum atomic E-state index is 9.67. The zero-order chi connectivity index (χ0) is 13.1. The zero-order valence-electron chi connectivity index (χ0n) is 10.1. The third-order valence-corrected chi connectivity index (χ3v) is 3.03. The molecule has 5 nitrogen and oxygen atoms in total. The van der Waals surface area contributed by atoms with E-state index >= 15 is 0 Å². The van der Waals surface area contributed by atoms with Crippen LogP contribution in [0.5, 0.6) is 5.75 Å². The number of aryl methyl sites for hydroxylation is 1. The average Bonchev–Trinajstić information content (AvgIpc) is 2.72. The van der Waals surface area contributed by atoms with Crippen molar-refractivity contribution in [3.63, 3.8) is 0 Å². The van der Waals surface area contributed by atoms with Crippen molar-refractivity contribution < 1.29 is 14.5 Å². The molecule has 0 unspecified atom stereocenters. The van der Waals surface area contributed by atoms with E-state index in [2.05, 4.69) is 30.9 Å². The SMILES string of the molecule is Cc1nonc1COc1cc(Br)ccc1[C@H](C)O. The van der Waals surface area contributed by atoms with Crippen LogP contribution in [0.4, 0.5) is 0 Å². The predicted octanol–water partition coefficient (Wildman–Crippen LogP) is 2.77. The standard InChI is InChI=1S/C12H13BrN2O3/c1-7-11(15-18-14-7)6-17-12-5-9(13)3-4-10(12)8(2)16/h3-5,8,16H,6H2,1-2H3/t8-/m0/s1. The van der Waals surface area contributed by atoms with Gasteiger partial charge in [-0.15, -0.1) is 0 Å². The van der Waals surface area contributed by atoms with Gasteiger partial charge in [0.1, 0.15) is 23.7 Å². The van der Waals surface area contributed by atoms with Crippen LogP contribution in [-0.2, 0) is 6.61 Å².